The van der Waals surface area contributed by atoms with Gasteiger partial charge in [-0.25, -0.2) is 4.58 Å². The number of nitrogens with zero attached hydrogens (tertiary/aromatic N) is 3. The second-order valence-electron chi connectivity index (χ2n) is 17.5. The molecule has 63 heavy (non-hydrogen) atoms. The fourth-order valence-electron chi connectivity index (χ4n) is 11.2. The Morgan fingerprint density at radius 1 is 0.825 bits per heavy atom. The van der Waals surface area contributed by atoms with Crippen LogP contribution in [0.4, 0.5) is 5.69 Å². The number of methoxy groups -OCH3 is 1. The third kappa shape index (κ3) is 6.49. The number of ether oxygens (including phenoxy) is 2. The number of anilines is 1. The van der Waals surface area contributed by atoms with Crippen molar-refractivity contribution in [3.8, 4) is 17.2 Å². The number of fused-ring (bicyclic) bond motifs is 5. The molecule has 0 unspecified atom stereocenters. The first-order valence-electron chi connectivity index (χ1n) is 22.2. The minimum Gasteiger partial charge on any atom is -0.545 e. The zero-order chi connectivity index (χ0) is 43.1. The number of amides is 1. The predicted octanol–water partition coefficient (Wildman–Crippen LogP) is 6.18. The van der Waals surface area contributed by atoms with Crippen molar-refractivity contribution >= 4 is 55.9 Å². The number of carbonyl (C=O) groups is 3. The number of carbonyl (C=O) groups excluding carboxylic acids is 3. The summed E-state index contributed by atoms with van der Waals surface area (Å²) in [7, 11) is 1.61. The maximum Gasteiger partial charge on any atom is 0.262 e. The number of halogens is 1. The molecule has 11 rings (SSSR count). The Kier molecular flexibility index (Phi) is 9.78. The van der Waals surface area contributed by atoms with Gasteiger partial charge >= 0.3 is 0 Å². The number of aromatic carboxylic acids is 1. The Balaban J connectivity index is 1.01. The van der Waals surface area contributed by atoms with Crippen LogP contribution in [0.1, 0.15) is 101 Å². The Morgan fingerprint density at radius 2 is 1.57 bits per heavy atom. The Labute approximate surface area is 373 Å². The van der Waals surface area contributed by atoms with Crippen molar-refractivity contribution in [2.75, 3.05) is 44.7 Å². The van der Waals surface area contributed by atoms with E-state index in [1.54, 1.807) is 35.9 Å². The molecular weight excluding hydrogens is 856 g/mol. The SMILES string of the molecule is COc1ccc2c(c1)c(CCNC(=O)c1ccc(C(=O)[O-])c(C3=c4cc5c6c(c4Oc4c3cc3c7c4CCCN7CCC3)CCC[N+]=6CCC5)c1)c(C)n2C(=O)c1ccc(Br)cc1. The van der Waals surface area contributed by atoms with Gasteiger partial charge in [-0.15, -0.1) is 0 Å². The van der Waals surface area contributed by atoms with E-state index in [1.807, 2.05) is 37.3 Å². The molecule has 0 fully saturated rings. The fourth-order valence-corrected chi connectivity index (χ4v) is 11.4. The molecule has 0 atom stereocenters. The van der Waals surface area contributed by atoms with Crippen molar-refractivity contribution in [3.05, 3.63) is 149 Å². The van der Waals surface area contributed by atoms with E-state index in [0.717, 1.165) is 132 Å². The lowest BCUT2D eigenvalue weighted by molar-refractivity contribution is -0.255. The first-order valence-corrected chi connectivity index (χ1v) is 23.0. The monoisotopic (exact) mass is 902 g/mol. The topological polar surface area (TPSA) is 116 Å². The first kappa shape index (κ1) is 39.6. The molecule has 5 aliphatic heterocycles. The van der Waals surface area contributed by atoms with E-state index in [1.165, 1.54) is 39.4 Å². The van der Waals surface area contributed by atoms with E-state index in [9.17, 15) is 19.5 Å². The van der Waals surface area contributed by atoms with Gasteiger partial charge in [-0.3, -0.25) is 14.2 Å². The van der Waals surface area contributed by atoms with Gasteiger partial charge < -0.3 is 29.6 Å². The number of carboxylic acid groups (broad SMARTS) is 1. The Bertz CT molecular complexity index is 3110. The van der Waals surface area contributed by atoms with Crippen LogP contribution in [-0.4, -0.2) is 62.2 Å². The first-order chi connectivity index (χ1) is 30.7. The Morgan fingerprint density at radius 3 is 2.37 bits per heavy atom. The molecule has 1 N–H and O–H groups in total. The van der Waals surface area contributed by atoms with E-state index in [4.69, 9.17) is 9.47 Å². The van der Waals surface area contributed by atoms with Crippen LogP contribution in [0.25, 0.3) is 16.5 Å². The summed E-state index contributed by atoms with van der Waals surface area (Å²) in [4.78, 5) is 43.9. The second-order valence-corrected chi connectivity index (χ2v) is 18.4. The quantitative estimate of drug-likeness (QED) is 0.181. The van der Waals surface area contributed by atoms with Crippen LogP contribution in [0, 0.1) is 6.92 Å². The highest BCUT2D eigenvalue weighted by atomic mass is 79.9. The van der Waals surface area contributed by atoms with E-state index in [2.05, 4.69) is 42.9 Å². The molecule has 5 aromatic carbocycles. The summed E-state index contributed by atoms with van der Waals surface area (Å²) >= 11 is 3.47. The van der Waals surface area contributed by atoms with Crippen LogP contribution in [0.3, 0.4) is 0 Å². The van der Waals surface area contributed by atoms with Crippen molar-refractivity contribution < 1.29 is 29.0 Å². The molecule has 6 heterocycles. The maximum atomic E-state index is 14.3. The molecule has 318 valence electrons. The number of hydrogen-bond acceptors (Lipinski definition) is 7. The lowest BCUT2D eigenvalue weighted by atomic mass is 9.81. The van der Waals surface area contributed by atoms with Gasteiger partial charge in [0.05, 0.1) is 24.2 Å². The van der Waals surface area contributed by atoms with Crippen molar-refractivity contribution in [2.24, 2.45) is 0 Å². The third-order valence-corrected chi connectivity index (χ3v) is 14.5. The molecule has 0 saturated carbocycles. The summed E-state index contributed by atoms with van der Waals surface area (Å²) in [5.41, 5.74) is 11.7. The minimum atomic E-state index is -1.30. The average molecular weight is 904 g/mol. The fraction of sp³-hybridized carbons (Fsp3) is 0.308. The molecule has 0 bridgehead atoms. The summed E-state index contributed by atoms with van der Waals surface area (Å²) in [6.45, 7) is 6.28. The number of benzene rings is 5. The largest absolute Gasteiger partial charge is 0.545 e. The van der Waals surface area contributed by atoms with Crippen LogP contribution in [0.5, 0.6) is 17.2 Å². The summed E-state index contributed by atoms with van der Waals surface area (Å²) in [6, 6.07) is 22.3. The number of nitrogens with one attached hydrogen (secondary N) is 1. The zero-order valence-electron chi connectivity index (χ0n) is 35.5. The van der Waals surface area contributed by atoms with Gasteiger partial charge in [0, 0.05) is 97.9 Å². The molecule has 0 aliphatic carbocycles. The summed E-state index contributed by atoms with van der Waals surface area (Å²) in [5.74, 6) is 0.525. The van der Waals surface area contributed by atoms with Crippen LogP contribution >= 0.6 is 15.9 Å². The molecule has 11 heteroatoms. The van der Waals surface area contributed by atoms with Gasteiger partial charge in [0.15, 0.2) is 0 Å². The van der Waals surface area contributed by atoms with Gasteiger partial charge in [0.2, 0.25) is 5.36 Å². The van der Waals surface area contributed by atoms with E-state index >= 15 is 0 Å². The minimum absolute atomic E-state index is 0.0363. The van der Waals surface area contributed by atoms with Gasteiger partial charge in [-0.2, -0.15) is 0 Å². The second kappa shape index (κ2) is 15.6. The van der Waals surface area contributed by atoms with Crippen molar-refractivity contribution in [3.63, 3.8) is 0 Å². The third-order valence-electron chi connectivity index (χ3n) is 14.0. The van der Waals surface area contributed by atoms with E-state index in [0.29, 0.717) is 28.9 Å². The highest BCUT2D eigenvalue weighted by Gasteiger charge is 2.36. The molecular formula is C52H47BrN4O6. The standard InChI is InChI=1S/C52H47BrN4O6/c1-29-36(40-28-35(62-2)16-18-44(40)57(29)51(59)30-11-14-34(53)15-12-30)19-20-54-50(58)33-13-17-37(52(60)61)41(27-33)45-42-25-31-7-3-21-55-23-5-9-38(46(31)55)48(42)63-49-39-10-6-24-56-22-4-8-32(47(39)56)26-43(45)49/h11-18,25-28H,3-10,19-24H2,1-2H3,(H-,54,58,60,61). The van der Waals surface area contributed by atoms with Gasteiger partial charge in [-0.1, -0.05) is 22.0 Å². The summed E-state index contributed by atoms with van der Waals surface area (Å²) in [5, 5.41) is 19.3. The van der Waals surface area contributed by atoms with Crippen molar-refractivity contribution in [1.82, 2.24) is 14.5 Å². The smallest absolute Gasteiger partial charge is 0.262 e. The van der Waals surface area contributed by atoms with Crippen molar-refractivity contribution in [1.29, 1.82) is 0 Å². The van der Waals surface area contributed by atoms with Gasteiger partial charge in [0.25, 0.3) is 11.8 Å². The van der Waals surface area contributed by atoms with Gasteiger partial charge in [-0.05, 0) is 135 Å². The van der Waals surface area contributed by atoms with E-state index < -0.39 is 5.97 Å². The maximum absolute atomic E-state index is 14.3. The molecule has 1 aromatic heterocycles. The number of rotatable bonds is 8. The molecule has 10 nitrogen and oxygen atoms in total. The van der Waals surface area contributed by atoms with Crippen LogP contribution in [-0.2, 0) is 32.1 Å². The summed E-state index contributed by atoms with van der Waals surface area (Å²) in [6.07, 6.45) is 8.25. The zero-order valence-corrected chi connectivity index (χ0v) is 37.1. The van der Waals surface area contributed by atoms with Crippen LogP contribution < -0.4 is 39.9 Å². The van der Waals surface area contributed by atoms with E-state index in [-0.39, 0.29) is 23.9 Å². The summed E-state index contributed by atoms with van der Waals surface area (Å²) < 4.78 is 17.9. The number of aromatic nitrogens is 1. The van der Waals surface area contributed by atoms with Gasteiger partial charge in [0.1, 0.15) is 30.3 Å². The normalized spacial score (nSPS) is 15.8. The van der Waals surface area contributed by atoms with Crippen molar-refractivity contribution in [2.45, 2.75) is 64.7 Å². The molecule has 1 amide bonds. The molecule has 5 aliphatic rings. The molecule has 6 aromatic rings. The average Bonchev–Trinajstić information content (AvgIpc) is 3.58. The number of hydrogen-bond donors (Lipinski definition) is 1. The molecule has 0 radical (unpaired) electrons. The number of carboxylic acids is 1. The molecule has 0 saturated heterocycles. The lowest BCUT2D eigenvalue weighted by Gasteiger charge is -2.39. The number of aryl methyl sites for hydroxylation is 2. The predicted molar refractivity (Wildman–Crippen MR) is 244 cm³/mol. The Hall–Kier alpha value is -6.20. The van der Waals surface area contributed by atoms with Crippen LogP contribution in [0.2, 0.25) is 0 Å². The highest BCUT2D eigenvalue weighted by molar-refractivity contribution is 9.10. The molecule has 0 spiro atoms. The van der Waals surface area contributed by atoms with Crippen LogP contribution in [0.15, 0.2) is 77.3 Å². The highest BCUT2D eigenvalue weighted by Crippen LogP contribution is 2.49. The lowest BCUT2D eigenvalue weighted by Crippen LogP contribution is -2.45.